The first-order valence-corrected chi connectivity index (χ1v) is 8.47. The second kappa shape index (κ2) is 7.23. The van der Waals surface area contributed by atoms with E-state index in [1.54, 1.807) is 6.07 Å². The van der Waals surface area contributed by atoms with E-state index in [1.165, 1.54) is 23.3 Å². The van der Waals surface area contributed by atoms with Crippen molar-refractivity contribution in [1.82, 2.24) is 10.6 Å². The lowest BCUT2D eigenvalue weighted by molar-refractivity contribution is 0.0950. The van der Waals surface area contributed by atoms with Gasteiger partial charge in [0, 0.05) is 16.6 Å². The van der Waals surface area contributed by atoms with E-state index in [1.807, 2.05) is 18.2 Å². The SMILES string of the molecule is O=C(NCc1ccc(F)cc1Br)c1ccc2c(c1)CCNCC2. The number of carbonyl (C=O) groups excluding carboxylic acids is 1. The summed E-state index contributed by atoms with van der Waals surface area (Å²) in [5.74, 6) is -0.410. The lowest BCUT2D eigenvalue weighted by atomic mass is 10.00. The number of halogens is 2. The number of nitrogens with one attached hydrogen (secondary N) is 2. The summed E-state index contributed by atoms with van der Waals surface area (Å²) in [5, 5.41) is 6.25. The van der Waals surface area contributed by atoms with Crippen LogP contribution in [-0.4, -0.2) is 19.0 Å². The molecule has 1 aliphatic rings. The van der Waals surface area contributed by atoms with Crippen LogP contribution in [0, 0.1) is 5.82 Å². The van der Waals surface area contributed by atoms with E-state index in [0.29, 0.717) is 16.6 Å². The molecule has 0 aromatic heterocycles. The first-order valence-electron chi connectivity index (χ1n) is 7.68. The van der Waals surface area contributed by atoms with Gasteiger partial charge in [-0.15, -0.1) is 0 Å². The lowest BCUT2D eigenvalue weighted by Gasteiger charge is -2.10. The number of hydrogen-bond donors (Lipinski definition) is 2. The molecule has 2 aromatic carbocycles. The van der Waals surface area contributed by atoms with Crippen LogP contribution in [0.15, 0.2) is 40.9 Å². The van der Waals surface area contributed by atoms with Gasteiger partial charge in [-0.1, -0.05) is 28.1 Å². The molecule has 0 atom stereocenters. The minimum atomic E-state index is -0.300. The maximum atomic E-state index is 13.1. The summed E-state index contributed by atoms with van der Waals surface area (Å²) in [6.45, 7) is 2.29. The normalized spacial score (nSPS) is 14.0. The van der Waals surface area contributed by atoms with Gasteiger partial charge < -0.3 is 10.6 Å². The van der Waals surface area contributed by atoms with Crippen LogP contribution in [0.4, 0.5) is 4.39 Å². The fourth-order valence-electron chi connectivity index (χ4n) is 2.76. The quantitative estimate of drug-likeness (QED) is 0.863. The maximum Gasteiger partial charge on any atom is 0.251 e. The Bertz CT molecular complexity index is 733. The van der Waals surface area contributed by atoms with Crippen molar-refractivity contribution in [3.63, 3.8) is 0 Å². The van der Waals surface area contributed by atoms with E-state index < -0.39 is 0 Å². The Kier molecular flexibility index (Phi) is 5.08. The molecule has 0 bridgehead atoms. The third kappa shape index (κ3) is 3.98. The topological polar surface area (TPSA) is 41.1 Å². The third-order valence-corrected chi connectivity index (χ3v) is 4.80. The highest BCUT2D eigenvalue weighted by atomic mass is 79.9. The molecule has 1 aliphatic heterocycles. The molecule has 0 spiro atoms. The zero-order valence-electron chi connectivity index (χ0n) is 12.7. The average Bonchev–Trinajstić information content (AvgIpc) is 2.78. The van der Waals surface area contributed by atoms with E-state index in [-0.39, 0.29) is 11.7 Å². The van der Waals surface area contributed by atoms with Crippen LogP contribution in [-0.2, 0) is 19.4 Å². The van der Waals surface area contributed by atoms with Crippen LogP contribution < -0.4 is 10.6 Å². The van der Waals surface area contributed by atoms with E-state index in [0.717, 1.165) is 31.5 Å². The molecule has 2 N–H and O–H groups in total. The zero-order valence-corrected chi connectivity index (χ0v) is 14.2. The van der Waals surface area contributed by atoms with Crippen molar-refractivity contribution >= 4 is 21.8 Å². The predicted octanol–water partition coefficient (Wildman–Crippen LogP) is 3.21. The van der Waals surface area contributed by atoms with E-state index in [2.05, 4.69) is 26.6 Å². The first kappa shape index (κ1) is 16.1. The van der Waals surface area contributed by atoms with Crippen molar-refractivity contribution in [1.29, 1.82) is 0 Å². The molecule has 1 heterocycles. The fraction of sp³-hybridized carbons (Fsp3) is 0.278. The summed E-state index contributed by atoms with van der Waals surface area (Å²) in [4.78, 5) is 12.4. The number of rotatable bonds is 3. The fourth-order valence-corrected chi connectivity index (χ4v) is 3.25. The molecule has 3 rings (SSSR count). The molecule has 5 heteroatoms. The molecule has 120 valence electrons. The van der Waals surface area contributed by atoms with Crippen LogP contribution in [0.25, 0.3) is 0 Å². The zero-order chi connectivity index (χ0) is 16.2. The molecular formula is C18H18BrFN2O. The number of fused-ring (bicyclic) bond motifs is 1. The third-order valence-electron chi connectivity index (χ3n) is 4.07. The summed E-state index contributed by atoms with van der Waals surface area (Å²) >= 11 is 3.31. The van der Waals surface area contributed by atoms with Gasteiger partial charge in [-0.25, -0.2) is 4.39 Å². The van der Waals surface area contributed by atoms with Gasteiger partial charge in [0.2, 0.25) is 0 Å². The number of benzene rings is 2. The monoisotopic (exact) mass is 376 g/mol. The predicted molar refractivity (Wildman–Crippen MR) is 92.0 cm³/mol. The summed E-state index contributed by atoms with van der Waals surface area (Å²) in [7, 11) is 0. The molecule has 0 fully saturated rings. The highest BCUT2D eigenvalue weighted by molar-refractivity contribution is 9.10. The van der Waals surface area contributed by atoms with Crippen molar-refractivity contribution < 1.29 is 9.18 Å². The maximum absolute atomic E-state index is 13.1. The van der Waals surface area contributed by atoms with Gasteiger partial charge in [-0.2, -0.15) is 0 Å². The van der Waals surface area contributed by atoms with Crippen molar-refractivity contribution in [3.05, 3.63) is 68.9 Å². The van der Waals surface area contributed by atoms with Gasteiger partial charge in [0.05, 0.1) is 0 Å². The molecular weight excluding hydrogens is 359 g/mol. The molecule has 0 aliphatic carbocycles. The Hall–Kier alpha value is -1.72. The number of hydrogen-bond acceptors (Lipinski definition) is 2. The molecule has 1 amide bonds. The Labute approximate surface area is 143 Å². The van der Waals surface area contributed by atoms with Crippen molar-refractivity contribution in [2.24, 2.45) is 0 Å². The molecule has 0 saturated carbocycles. The minimum Gasteiger partial charge on any atom is -0.348 e. The van der Waals surface area contributed by atoms with Crippen LogP contribution in [0.2, 0.25) is 0 Å². The first-order chi connectivity index (χ1) is 11.1. The van der Waals surface area contributed by atoms with Gasteiger partial charge >= 0.3 is 0 Å². The molecule has 2 aromatic rings. The Morgan fingerprint density at radius 3 is 2.70 bits per heavy atom. The average molecular weight is 377 g/mol. The summed E-state index contributed by atoms with van der Waals surface area (Å²) < 4.78 is 13.7. The molecule has 0 radical (unpaired) electrons. The van der Waals surface area contributed by atoms with E-state index in [9.17, 15) is 9.18 Å². The van der Waals surface area contributed by atoms with Crippen LogP contribution in [0.1, 0.15) is 27.0 Å². The summed E-state index contributed by atoms with van der Waals surface area (Å²) in [6, 6.07) is 10.4. The van der Waals surface area contributed by atoms with Gasteiger partial charge in [0.1, 0.15) is 5.82 Å². The summed E-state index contributed by atoms with van der Waals surface area (Å²) in [5.41, 5.74) is 4.07. The number of amides is 1. The largest absolute Gasteiger partial charge is 0.348 e. The van der Waals surface area contributed by atoms with Gasteiger partial charge in [0.25, 0.3) is 5.91 Å². The van der Waals surface area contributed by atoms with Crippen LogP contribution >= 0.6 is 15.9 Å². The van der Waals surface area contributed by atoms with Crippen molar-refractivity contribution in [3.8, 4) is 0 Å². The lowest BCUT2D eigenvalue weighted by Crippen LogP contribution is -2.23. The van der Waals surface area contributed by atoms with Gasteiger partial charge in [-0.3, -0.25) is 4.79 Å². The Balaban J connectivity index is 1.69. The smallest absolute Gasteiger partial charge is 0.251 e. The minimum absolute atomic E-state index is 0.110. The second-order valence-corrected chi connectivity index (χ2v) is 6.51. The highest BCUT2D eigenvalue weighted by Crippen LogP contribution is 2.19. The second-order valence-electron chi connectivity index (χ2n) is 5.65. The molecule has 23 heavy (non-hydrogen) atoms. The molecule has 0 unspecified atom stereocenters. The van der Waals surface area contributed by atoms with E-state index in [4.69, 9.17) is 0 Å². The molecule has 3 nitrogen and oxygen atoms in total. The molecule has 0 saturated heterocycles. The van der Waals surface area contributed by atoms with Crippen LogP contribution in [0.5, 0.6) is 0 Å². The Morgan fingerprint density at radius 1 is 1.13 bits per heavy atom. The summed E-state index contributed by atoms with van der Waals surface area (Å²) in [6.07, 6.45) is 1.94. The standard InChI is InChI=1S/C18H18BrFN2O/c19-17-10-16(20)4-3-15(17)11-22-18(23)14-2-1-12-5-7-21-8-6-13(12)9-14/h1-4,9-10,21H,5-8,11H2,(H,22,23). The van der Waals surface area contributed by atoms with Gasteiger partial charge in [-0.05, 0) is 66.9 Å². The van der Waals surface area contributed by atoms with E-state index >= 15 is 0 Å². The van der Waals surface area contributed by atoms with Gasteiger partial charge in [0.15, 0.2) is 0 Å². The van der Waals surface area contributed by atoms with Crippen LogP contribution in [0.3, 0.4) is 0 Å². The van der Waals surface area contributed by atoms with Crippen molar-refractivity contribution in [2.75, 3.05) is 13.1 Å². The highest BCUT2D eigenvalue weighted by Gasteiger charge is 2.12. The number of carbonyl (C=O) groups is 1. The Morgan fingerprint density at radius 2 is 1.91 bits per heavy atom. The van der Waals surface area contributed by atoms with Crippen molar-refractivity contribution in [2.45, 2.75) is 19.4 Å².